The number of methoxy groups -OCH3 is 1. The first-order chi connectivity index (χ1) is 18.4. The van der Waals surface area contributed by atoms with Gasteiger partial charge in [-0.15, -0.1) is 0 Å². The molecule has 1 saturated heterocycles. The van der Waals surface area contributed by atoms with Gasteiger partial charge in [0.05, 0.1) is 17.8 Å². The molecule has 0 saturated carbocycles. The minimum Gasteiger partial charge on any atom is -0.382 e. The zero-order valence-corrected chi connectivity index (χ0v) is 23.9. The smallest absolute Gasteiger partial charge is 0.247 e. The van der Waals surface area contributed by atoms with Crippen LogP contribution in [0.2, 0.25) is 0 Å². The van der Waals surface area contributed by atoms with Crippen molar-refractivity contribution in [3.05, 3.63) is 41.2 Å². The number of sulfonamides is 2. The van der Waals surface area contributed by atoms with E-state index >= 15 is 0 Å². The third-order valence-corrected chi connectivity index (χ3v) is 10.1. The van der Waals surface area contributed by atoms with E-state index in [-0.39, 0.29) is 30.3 Å². The van der Waals surface area contributed by atoms with Gasteiger partial charge in [-0.05, 0) is 43.2 Å². The molecule has 1 atom stereocenters. The molecule has 0 aliphatic carbocycles. The zero-order chi connectivity index (χ0) is 28.5. The normalized spacial score (nSPS) is 17.2. The van der Waals surface area contributed by atoms with Crippen molar-refractivity contribution in [2.45, 2.75) is 24.3 Å². The number of carbonyl (C=O) groups is 1. The second kappa shape index (κ2) is 11.1. The number of aryl methyl sites for hydroxylation is 1. The van der Waals surface area contributed by atoms with E-state index in [9.17, 15) is 26.9 Å². The Bertz CT molecular complexity index is 1520. The molecule has 3 heterocycles. The summed E-state index contributed by atoms with van der Waals surface area (Å²) in [6.07, 6.45) is 1.46. The Balaban J connectivity index is 1.50. The topological polar surface area (TPSA) is 157 Å². The molecular weight excluding hydrogens is 546 g/mol. The second-order valence-electron chi connectivity index (χ2n) is 9.48. The maximum absolute atomic E-state index is 13.5. The van der Waals surface area contributed by atoms with Crippen LogP contribution in [-0.2, 0) is 36.0 Å². The first kappa shape index (κ1) is 28.8. The number of amides is 1. The molecule has 2 aliphatic rings. The predicted molar refractivity (Wildman–Crippen MR) is 143 cm³/mol. The van der Waals surface area contributed by atoms with Crippen molar-refractivity contribution in [1.29, 1.82) is 5.26 Å². The summed E-state index contributed by atoms with van der Waals surface area (Å²) in [5, 5.41) is 9.18. The third kappa shape index (κ3) is 5.89. The number of hydrogen-bond acceptors (Lipinski definition) is 10. The molecule has 0 N–H and O–H groups in total. The van der Waals surface area contributed by atoms with Crippen LogP contribution in [-0.4, -0.2) is 107 Å². The monoisotopic (exact) mass is 577 g/mol. The number of likely N-dealkylation sites (N-methyl/N-ethyl adjacent to an activating group) is 1. The second-order valence-corrected chi connectivity index (χ2v) is 13.5. The van der Waals surface area contributed by atoms with Crippen LogP contribution in [0.3, 0.4) is 0 Å². The number of aromatic nitrogens is 2. The van der Waals surface area contributed by atoms with E-state index in [4.69, 9.17) is 4.74 Å². The molecule has 39 heavy (non-hydrogen) atoms. The van der Waals surface area contributed by atoms with E-state index in [0.29, 0.717) is 48.9 Å². The number of anilines is 2. The van der Waals surface area contributed by atoms with Crippen LogP contribution in [0.15, 0.2) is 29.2 Å². The van der Waals surface area contributed by atoms with Gasteiger partial charge < -0.3 is 14.5 Å². The lowest BCUT2D eigenvalue weighted by Crippen LogP contribution is -2.51. The van der Waals surface area contributed by atoms with Crippen molar-refractivity contribution in [3.8, 4) is 6.07 Å². The van der Waals surface area contributed by atoms with Crippen molar-refractivity contribution >= 4 is 37.6 Å². The molecule has 2 aromatic rings. The zero-order valence-electron chi connectivity index (χ0n) is 22.2. The first-order valence-corrected chi connectivity index (χ1v) is 15.5. The van der Waals surface area contributed by atoms with Crippen molar-refractivity contribution < 1.29 is 26.4 Å². The van der Waals surface area contributed by atoms with Gasteiger partial charge in [-0.25, -0.2) is 26.8 Å². The molecule has 2 aliphatic heterocycles. The minimum absolute atomic E-state index is 0.113. The number of rotatable bonds is 8. The van der Waals surface area contributed by atoms with E-state index in [1.807, 2.05) is 11.0 Å². The molecule has 1 aromatic carbocycles. The van der Waals surface area contributed by atoms with Crippen LogP contribution < -0.4 is 9.80 Å². The fourth-order valence-corrected chi connectivity index (χ4v) is 6.78. The maximum Gasteiger partial charge on any atom is 0.247 e. The number of nitriles is 1. The molecule has 1 fully saturated rings. The Morgan fingerprint density at radius 2 is 1.82 bits per heavy atom. The average molecular weight is 578 g/mol. The Labute approximate surface area is 228 Å². The van der Waals surface area contributed by atoms with Gasteiger partial charge in [-0.1, -0.05) is 0 Å². The summed E-state index contributed by atoms with van der Waals surface area (Å²) in [5.41, 5.74) is 2.17. The molecular formula is C24H31N7O6S2. The molecule has 1 aromatic heterocycles. The van der Waals surface area contributed by atoms with Gasteiger partial charge in [0.15, 0.2) is 0 Å². The number of piperazine rings is 1. The summed E-state index contributed by atoms with van der Waals surface area (Å²) >= 11 is 0. The van der Waals surface area contributed by atoms with Gasteiger partial charge in [0.1, 0.15) is 17.8 Å². The number of nitrogens with zero attached hydrogens (tertiary/aromatic N) is 7. The highest BCUT2D eigenvalue weighted by Gasteiger charge is 2.37. The lowest BCUT2D eigenvalue weighted by Gasteiger charge is -2.34. The van der Waals surface area contributed by atoms with Crippen molar-refractivity contribution in [3.63, 3.8) is 0 Å². The number of ether oxygens (including phenoxy) is 1. The molecule has 0 bridgehead atoms. The number of hydrogen-bond donors (Lipinski definition) is 0. The highest BCUT2D eigenvalue weighted by atomic mass is 32.2. The van der Waals surface area contributed by atoms with Crippen LogP contribution in [0.25, 0.3) is 0 Å². The fraction of sp³-hybridized carbons (Fsp3) is 0.500. The van der Waals surface area contributed by atoms with Crippen LogP contribution in [0.1, 0.15) is 17.0 Å². The van der Waals surface area contributed by atoms with Gasteiger partial charge in [-0.2, -0.15) is 13.9 Å². The molecule has 210 valence electrons. The van der Waals surface area contributed by atoms with E-state index in [1.54, 1.807) is 25.1 Å². The first-order valence-electron chi connectivity index (χ1n) is 12.2. The molecule has 1 amide bonds. The number of benzene rings is 1. The Hall–Kier alpha value is -3.16. The van der Waals surface area contributed by atoms with Crippen LogP contribution in [0.5, 0.6) is 0 Å². The predicted octanol–water partition coefficient (Wildman–Crippen LogP) is -0.0369. The molecule has 15 heteroatoms. The van der Waals surface area contributed by atoms with E-state index in [2.05, 4.69) is 9.97 Å². The van der Waals surface area contributed by atoms with Gasteiger partial charge >= 0.3 is 0 Å². The Morgan fingerprint density at radius 3 is 2.44 bits per heavy atom. The van der Waals surface area contributed by atoms with Crippen LogP contribution in [0.4, 0.5) is 11.6 Å². The molecule has 4 rings (SSSR count). The maximum atomic E-state index is 13.5. The van der Waals surface area contributed by atoms with Gasteiger partial charge in [0.25, 0.3) is 0 Å². The summed E-state index contributed by atoms with van der Waals surface area (Å²) in [7, 11) is -4.73. The van der Waals surface area contributed by atoms with E-state index in [1.165, 1.54) is 29.4 Å². The summed E-state index contributed by atoms with van der Waals surface area (Å²) in [6.45, 7) is 3.15. The fourth-order valence-electron chi connectivity index (χ4n) is 4.70. The minimum atomic E-state index is -3.80. The quantitative estimate of drug-likeness (QED) is 0.417. The van der Waals surface area contributed by atoms with Gasteiger partial charge in [0.2, 0.25) is 31.9 Å². The molecule has 0 spiro atoms. The Kier molecular flexibility index (Phi) is 8.24. The van der Waals surface area contributed by atoms with Crippen molar-refractivity contribution in [2.24, 2.45) is 0 Å². The summed E-state index contributed by atoms with van der Waals surface area (Å²) in [4.78, 5) is 25.4. The average Bonchev–Trinajstić information content (AvgIpc) is 3.33. The number of carbonyl (C=O) groups excluding carboxylic acids is 1. The standard InChI is InChI=1S/C24H31N7O6S2/c1-17-13-19(15-25)27-24(26-17)29-9-11-30(12-10-29)39(35,36)20-5-6-21-18(14-20)7-8-31(21)23(32)22(16-37-3)28(2)38(4,33)34/h5-6,13-14,22H,7-12,16H2,1-4H3. The highest BCUT2D eigenvalue weighted by molar-refractivity contribution is 7.89. The molecule has 0 radical (unpaired) electrons. The molecule has 13 nitrogen and oxygen atoms in total. The van der Waals surface area contributed by atoms with Crippen molar-refractivity contribution in [1.82, 2.24) is 18.6 Å². The highest BCUT2D eigenvalue weighted by Crippen LogP contribution is 2.32. The van der Waals surface area contributed by atoms with E-state index in [0.717, 1.165) is 10.6 Å². The number of fused-ring (bicyclic) bond motifs is 1. The summed E-state index contributed by atoms with van der Waals surface area (Å²) < 4.78 is 58.5. The lowest BCUT2D eigenvalue weighted by molar-refractivity contribution is -0.123. The van der Waals surface area contributed by atoms with Crippen molar-refractivity contribution in [2.75, 3.05) is 69.5 Å². The Morgan fingerprint density at radius 1 is 1.13 bits per heavy atom. The van der Waals surface area contributed by atoms with Gasteiger partial charge in [-0.3, -0.25) is 4.79 Å². The summed E-state index contributed by atoms with van der Waals surface area (Å²) in [5.74, 6) is -0.0349. The van der Waals surface area contributed by atoms with E-state index < -0.39 is 32.0 Å². The summed E-state index contributed by atoms with van der Waals surface area (Å²) in [6, 6.07) is 7.21. The van der Waals surface area contributed by atoms with Crippen LogP contribution >= 0.6 is 0 Å². The largest absolute Gasteiger partial charge is 0.382 e. The molecule has 1 unspecified atom stereocenters. The lowest BCUT2D eigenvalue weighted by atomic mass is 10.2. The van der Waals surface area contributed by atoms with Crippen LogP contribution in [0, 0.1) is 18.3 Å². The third-order valence-electron chi connectivity index (χ3n) is 6.90. The SMILES string of the molecule is COCC(C(=O)N1CCc2cc(S(=O)(=O)N3CCN(c4nc(C)cc(C#N)n4)CC3)ccc21)N(C)S(C)(=O)=O. The van der Waals surface area contributed by atoms with Gasteiger partial charge in [0, 0.05) is 58.3 Å².